The van der Waals surface area contributed by atoms with Crippen molar-refractivity contribution in [3.05, 3.63) is 28.7 Å². The predicted molar refractivity (Wildman–Crippen MR) is 79.1 cm³/mol. The summed E-state index contributed by atoms with van der Waals surface area (Å²) in [5.41, 5.74) is 1.25. The zero-order valence-electron chi connectivity index (χ0n) is 11.0. The van der Waals surface area contributed by atoms with E-state index in [4.69, 9.17) is 0 Å². The number of rotatable bonds is 3. The molecule has 1 aliphatic rings. The summed E-state index contributed by atoms with van der Waals surface area (Å²) in [6.45, 7) is 4.50. The molecule has 2 unspecified atom stereocenters. The van der Waals surface area contributed by atoms with Gasteiger partial charge < -0.3 is 10.0 Å². The van der Waals surface area contributed by atoms with Crippen LogP contribution in [0.5, 0.6) is 0 Å². The van der Waals surface area contributed by atoms with Gasteiger partial charge in [-0.05, 0) is 48.5 Å². The number of nitrogens with zero attached hydrogens (tertiary/aromatic N) is 2. The Kier molecular flexibility index (Phi) is 4.65. The Morgan fingerprint density at radius 3 is 2.72 bits per heavy atom. The lowest BCUT2D eigenvalue weighted by atomic mass is 10.0. The molecule has 4 heteroatoms. The van der Waals surface area contributed by atoms with Crippen LogP contribution < -0.4 is 4.90 Å². The van der Waals surface area contributed by atoms with Crippen LogP contribution in [0.3, 0.4) is 0 Å². The van der Waals surface area contributed by atoms with Gasteiger partial charge in [0.2, 0.25) is 0 Å². The van der Waals surface area contributed by atoms with E-state index in [1.54, 1.807) is 0 Å². The average Bonchev–Trinajstić information content (AvgIpc) is 2.35. The molecule has 3 nitrogen and oxygen atoms in total. The van der Waals surface area contributed by atoms with Crippen LogP contribution in [0, 0.1) is 0 Å². The fourth-order valence-electron chi connectivity index (χ4n) is 2.61. The molecule has 2 atom stereocenters. The molecule has 1 aromatic rings. The highest BCUT2D eigenvalue weighted by Crippen LogP contribution is 2.29. The van der Waals surface area contributed by atoms with Gasteiger partial charge in [0.1, 0.15) is 0 Å². The number of likely N-dealkylation sites (N-methyl/N-ethyl adjacent to an activating group) is 1. The van der Waals surface area contributed by atoms with Gasteiger partial charge in [-0.2, -0.15) is 0 Å². The van der Waals surface area contributed by atoms with E-state index in [0.717, 1.165) is 24.0 Å². The minimum absolute atomic E-state index is 0.255. The van der Waals surface area contributed by atoms with Gasteiger partial charge in [-0.25, -0.2) is 0 Å². The van der Waals surface area contributed by atoms with Crippen LogP contribution in [0.2, 0.25) is 0 Å². The maximum atomic E-state index is 9.18. The third-order valence-electron chi connectivity index (χ3n) is 3.84. The van der Waals surface area contributed by atoms with Gasteiger partial charge in [0.25, 0.3) is 0 Å². The summed E-state index contributed by atoms with van der Waals surface area (Å²) in [5, 5.41) is 9.18. The molecule has 1 N–H and O–H groups in total. The van der Waals surface area contributed by atoms with Crippen LogP contribution in [0.1, 0.15) is 13.3 Å². The summed E-state index contributed by atoms with van der Waals surface area (Å²) in [6, 6.07) is 9.27. The Hall–Kier alpha value is -0.580. The van der Waals surface area contributed by atoms with Gasteiger partial charge in [0.15, 0.2) is 0 Å². The quantitative estimate of drug-likeness (QED) is 0.928. The fourth-order valence-corrected chi connectivity index (χ4v) is 3.15. The second-order valence-corrected chi connectivity index (χ2v) is 5.89. The molecule has 100 valence electrons. The summed E-state index contributed by atoms with van der Waals surface area (Å²) < 4.78 is 1.14. The first-order valence-electron chi connectivity index (χ1n) is 6.45. The topological polar surface area (TPSA) is 26.7 Å². The van der Waals surface area contributed by atoms with E-state index in [-0.39, 0.29) is 6.61 Å². The Balaban J connectivity index is 2.17. The van der Waals surface area contributed by atoms with E-state index in [2.05, 4.69) is 57.9 Å². The van der Waals surface area contributed by atoms with Crippen molar-refractivity contribution in [1.29, 1.82) is 0 Å². The Morgan fingerprint density at radius 1 is 1.33 bits per heavy atom. The molecule has 2 rings (SSSR count). The minimum atomic E-state index is 0.255. The van der Waals surface area contributed by atoms with Gasteiger partial charge >= 0.3 is 0 Å². The van der Waals surface area contributed by atoms with Gasteiger partial charge in [-0.1, -0.05) is 12.1 Å². The van der Waals surface area contributed by atoms with Crippen molar-refractivity contribution in [3.63, 3.8) is 0 Å². The third-order valence-corrected chi connectivity index (χ3v) is 4.51. The standard InChI is InChI=1S/C14H21BrN2O/c1-11-9-17(10-12(7-8-18)16(11)2)14-6-4-3-5-13(14)15/h3-6,11-12,18H,7-10H2,1-2H3. The maximum Gasteiger partial charge on any atom is 0.0511 e. The van der Waals surface area contributed by atoms with Crippen LogP contribution in [0.4, 0.5) is 5.69 Å². The molecule has 1 heterocycles. The van der Waals surface area contributed by atoms with Crippen molar-refractivity contribution in [1.82, 2.24) is 4.90 Å². The smallest absolute Gasteiger partial charge is 0.0511 e. The Labute approximate surface area is 118 Å². The highest BCUT2D eigenvalue weighted by molar-refractivity contribution is 9.10. The molecule has 18 heavy (non-hydrogen) atoms. The molecule has 0 aliphatic carbocycles. The van der Waals surface area contributed by atoms with Crippen LogP contribution in [0.25, 0.3) is 0 Å². The van der Waals surface area contributed by atoms with E-state index >= 15 is 0 Å². The van der Waals surface area contributed by atoms with Crippen molar-refractivity contribution in [3.8, 4) is 0 Å². The zero-order valence-corrected chi connectivity index (χ0v) is 12.6. The van der Waals surface area contributed by atoms with Crippen molar-refractivity contribution >= 4 is 21.6 Å². The number of aliphatic hydroxyl groups is 1. The molecule has 0 amide bonds. The highest BCUT2D eigenvalue weighted by Gasteiger charge is 2.29. The monoisotopic (exact) mass is 312 g/mol. The van der Waals surface area contributed by atoms with E-state index in [1.165, 1.54) is 5.69 Å². The summed E-state index contributed by atoms with van der Waals surface area (Å²) in [4.78, 5) is 4.79. The van der Waals surface area contributed by atoms with Gasteiger partial charge in [0.05, 0.1) is 5.69 Å². The maximum absolute atomic E-state index is 9.18. The number of benzene rings is 1. The zero-order chi connectivity index (χ0) is 13.1. The van der Waals surface area contributed by atoms with Gasteiger partial charge in [-0.3, -0.25) is 4.90 Å². The van der Waals surface area contributed by atoms with Crippen molar-refractivity contribution in [2.45, 2.75) is 25.4 Å². The molecule has 0 spiro atoms. The van der Waals surface area contributed by atoms with Crippen molar-refractivity contribution in [2.75, 3.05) is 31.6 Å². The van der Waals surface area contributed by atoms with E-state index in [0.29, 0.717) is 12.1 Å². The molecular formula is C14H21BrN2O. The lowest BCUT2D eigenvalue weighted by molar-refractivity contribution is 0.128. The van der Waals surface area contributed by atoms with Crippen molar-refractivity contribution < 1.29 is 5.11 Å². The lowest BCUT2D eigenvalue weighted by Gasteiger charge is -2.45. The number of piperazine rings is 1. The molecule has 0 aromatic heterocycles. The molecule has 0 saturated carbocycles. The first kappa shape index (κ1) is 13.8. The Morgan fingerprint density at radius 2 is 2.06 bits per heavy atom. The third kappa shape index (κ3) is 2.87. The lowest BCUT2D eigenvalue weighted by Crippen LogP contribution is -2.56. The van der Waals surface area contributed by atoms with Crippen LogP contribution in [-0.2, 0) is 0 Å². The SMILES string of the molecule is CC1CN(c2ccccc2Br)CC(CCO)N1C. The highest BCUT2D eigenvalue weighted by atomic mass is 79.9. The summed E-state index contributed by atoms with van der Waals surface area (Å²) in [7, 11) is 2.16. The predicted octanol–water partition coefficient (Wildman–Crippen LogP) is 2.34. The molecule has 1 aliphatic heterocycles. The molecule has 1 fully saturated rings. The molecule has 1 saturated heterocycles. The summed E-state index contributed by atoms with van der Waals surface area (Å²) in [5.74, 6) is 0. The van der Waals surface area contributed by atoms with Gasteiger partial charge in [-0.15, -0.1) is 0 Å². The second kappa shape index (κ2) is 6.04. The average molecular weight is 313 g/mol. The van der Waals surface area contributed by atoms with Gasteiger partial charge in [0, 0.05) is 36.3 Å². The number of halogens is 1. The molecule has 1 aromatic carbocycles. The number of hydrogen-bond donors (Lipinski definition) is 1. The summed E-state index contributed by atoms with van der Waals surface area (Å²) in [6.07, 6.45) is 0.835. The van der Waals surface area contributed by atoms with Crippen LogP contribution in [0.15, 0.2) is 28.7 Å². The van der Waals surface area contributed by atoms with Crippen LogP contribution >= 0.6 is 15.9 Å². The largest absolute Gasteiger partial charge is 0.396 e. The first-order valence-corrected chi connectivity index (χ1v) is 7.25. The van der Waals surface area contributed by atoms with E-state index in [1.807, 2.05) is 6.07 Å². The minimum Gasteiger partial charge on any atom is -0.396 e. The van der Waals surface area contributed by atoms with E-state index in [9.17, 15) is 5.11 Å². The normalized spacial score (nSPS) is 25.4. The number of para-hydroxylation sites is 1. The first-order chi connectivity index (χ1) is 8.63. The molecular weight excluding hydrogens is 292 g/mol. The fraction of sp³-hybridized carbons (Fsp3) is 0.571. The Bertz CT molecular complexity index is 399. The second-order valence-electron chi connectivity index (χ2n) is 5.04. The summed E-state index contributed by atoms with van der Waals surface area (Å²) >= 11 is 3.62. The number of anilines is 1. The molecule has 0 radical (unpaired) electrons. The van der Waals surface area contributed by atoms with Crippen LogP contribution in [-0.4, -0.2) is 48.8 Å². The number of aliphatic hydroxyl groups excluding tert-OH is 1. The molecule has 0 bridgehead atoms. The number of hydrogen-bond acceptors (Lipinski definition) is 3. The van der Waals surface area contributed by atoms with E-state index < -0.39 is 0 Å². The van der Waals surface area contributed by atoms with Crippen molar-refractivity contribution in [2.24, 2.45) is 0 Å².